The minimum Gasteiger partial charge on any atom is -0.489 e. The number of pyridine rings is 1. The summed E-state index contributed by atoms with van der Waals surface area (Å²) in [5, 5.41) is 0.912. The lowest BCUT2D eigenvalue weighted by molar-refractivity contribution is -0.128. The van der Waals surface area contributed by atoms with Crippen molar-refractivity contribution >= 4 is 34.0 Å². The van der Waals surface area contributed by atoms with Gasteiger partial charge in [0.25, 0.3) is 5.91 Å². The van der Waals surface area contributed by atoms with Gasteiger partial charge in [-0.25, -0.2) is 15.0 Å². The fourth-order valence-corrected chi connectivity index (χ4v) is 5.57. The molecule has 1 atom stereocenters. The highest BCUT2D eigenvalue weighted by Crippen LogP contribution is 2.40. The molecule has 0 N–H and O–H groups in total. The van der Waals surface area contributed by atoms with E-state index in [4.69, 9.17) is 9.47 Å². The zero-order valence-electron chi connectivity index (χ0n) is 24.7. The standard InChI is InChI=1S/C33H33N7O3/c1-6-8-32(41)40-14-13-39-19-24(40)20-42-30-18-27-26(17-28(30)39)33(36-21-35-27)38(5)23-9-10-29(22(3)15-23)43-25-11-12-37(4)31(16-25)34-7-2/h7,9-12,15-18,21,24H,2,13-14,19-20H2,1,3-5H3. The first kappa shape index (κ1) is 27.8. The van der Waals surface area contributed by atoms with Crippen molar-refractivity contribution in [2.24, 2.45) is 12.0 Å². The van der Waals surface area contributed by atoms with Crippen LogP contribution in [0.4, 0.5) is 17.2 Å². The number of benzene rings is 2. The number of aromatic nitrogens is 3. The zero-order valence-corrected chi connectivity index (χ0v) is 24.7. The van der Waals surface area contributed by atoms with Gasteiger partial charge < -0.3 is 28.7 Å². The molecule has 10 nitrogen and oxygen atoms in total. The lowest BCUT2D eigenvalue weighted by Crippen LogP contribution is -2.56. The van der Waals surface area contributed by atoms with Crippen molar-refractivity contribution in [2.45, 2.75) is 19.9 Å². The van der Waals surface area contributed by atoms with Gasteiger partial charge in [0.1, 0.15) is 41.5 Å². The molecule has 10 heteroatoms. The smallest absolute Gasteiger partial charge is 0.298 e. The Labute approximate surface area is 250 Å². The number of nitrogens with zero attached hydrogens (tertiary/aromatic N) is 7. The molecule has 0 radical (unpaired) electrons. The van der Waals surface area contributed by atoms with E-state index in [0.29, 0.717) is 32.0 Å². The number of ether oxygens (including phenoxy) is 2. The van der Waals surface area contributed by atoms with Gasteiger partial charge in [0.15, 0.2) is 0 Å². The summed E-state index contributed by atoms with van der Waals surface area (Å²) < 4.78 is 14.3. The zero-order chi connectivity index (χ0) is 30.1. The Morgan fingerprint density at radius 2 is 2.07 bits per heavy atom. The van der Waals surface area contributed by atoms with E-state index >= 15 is 0 Å². The largest absolute Gasteiger partial charge is 0.489 e. The molecule has 1 unspecified atom stereocenters. The summed E-state index contributed by atoms with van der Waals surface area (Å²) in [6.45, 7) is 9.76. The normalized spacial score (nSPS) is 16.0. The monoisotopic (exact) mass is 575 g/mol. The quantitative estimate of drug-likeness (QED) is 0.328. The average Bonchev–Trinajstić information content (AvgIpc) is 3.14. The Kier molecular flexibility index (Phi) is 7.47. The molecule has 218 valence electrons. The van der Waals surface area contributed by atoms with Gasteiger partial charge in [-0.2, -0.15) is 0 Å². The number of piperazine rings is 1. The van der Waals surface area contributed by atoms with Crippen LogP contribution in [-0.4, -0.2) is 64.7 Å². The first-order chi connectivity index (χ1) is 20.9. The molecule has 2 aromatic heterocycles. The molecule has 0 spiro atoms. The van der Waals surface area contributed by atoms with Crippen LogP contribution in [0.15, 0.2) is 72.8 Å². The summed E-state index contributed by atoms with van der Waals surface area (Å²) in [4.78, 5) is 32.2. The third-order valence-electron chi connectivity index (χ3n) is 7.85. The summed E-state index contributed by atoms with van der Waals surface area (Å²) in [7, 11) is 3.92. The van der Waals surface area contributed by atoms with Gasteiger partial charge in [0, 0.05) is 69.3 Å². The minimum absolute atomic E-state index is 0.0730. The van der Waals surface area contributed by atoms with Crippen LogP contribution in [0.3, 0.4) is 0 Å². The Morgan fingerprint density at radius 3 is 2.86 bits per heavy atom. The Morgan fingerprint density at radius 1 is 1.21 bits per heavy atom. The molecule has 1 saturated heterocycles. The molecule has 1 amide bonds. The first-order valence-corrected chi connectivity index (χ1v) is 14.1. The number of aryl methyl sites for hydroxylation is 2. The molecule has 4 aromatic rings. The molecule has 0 aliphatic carbocycles. The topological polar surface area (TPSA) is 88.3 Å². The fourth-order valence-electron chi connectivity index (χ4n) is 5.57. The summed E-state index contributed by atoms with van der Waals surface area (Å²) in [5.41, 5.74) is 4.45. The predicted octanol–water partition coefficient (Wildman–Crippen LogP) is 4.31. The lowest BCUT2D eigenvalue weighted by atomic mass is 10.1. The number of rotatable bonds is 5. The van der Waals surface area contributed by atoms with Crippen LogP contribution in [0.2, 0.25) is 0 Å². The summed E-state index contributed by atoms with van der Waals surface area (Å²) in [6, 6.07) is 13.8. The number of carbonyl (C=O) groups excluding carboxylic acids is 1. The van der Waals surface area contributed by atoms with E-state index in [-0.39, 0.29) is 11.9 Å². The number of carbonyl (C=O) groups is 1. The lowest BCUT2D eigenvalue weighted by Gasteiger charge is -2.39. The predicted molar refractivity (Wildman–Crippen MR) is 167 cm³/mol. The van der Waals surface area contributed by atoms with Crippen LogP contribution in [0.5, 0.6) is 17.2 Å². The van der Waals surface area contributed by atoms with Crippen molar-refractivity contribution in [1.82, 2.24) is 19.4 Å². The van der Waals surface area contributed by atoms with Gasteiger partial charge in [0.05, 0.1) is 17.2 Å². The summed E-state index contributed by atoms with van der Waals surface area (Å²) in [5.74, 6) is 8.22. The van der Waals surface area contributed by atoms with Crippen molar-refractivity contribution in [1.29, 1.82) is 0 Å². The number of hydrogen-bond donors (Lipinski definition) is 0. The molecule has 43 heavy (non-hydrogen) atoms. The molecule has 2 aliphatic rings. The maximum absolute atomic E-state index is 12.6. The third kappa shape index (κ3) is 5.37. The van der Waals surface area contributed by atoms with Crippen molar-refractivity contribution in [3.05, 3.63) is 78.8 Å². The van der Waals surface area contributed by atoms with Crippen molar-refractivity contribution in [3.8, 4) is 29.1 Å². The molecule has 0 saturated carbocycles. The van der Waals surface area contributed by atoms with Crippen LogP contribution < -0.4 is 24.8 Å². The molecular formula is C33H33N7O3. The Bertz CT molecular complexity index is 1870. The fraction of sp³-hybridized carbons (Fsp3) is 0.273. The molecule has 6 rings (SSSR count). The summed E-state index contributed by atoms with van der Waals surface area (Å²) in [6.07, 6.45) is 4.99. The van der Waals surface area contributed by atoms with E-state index in [2.05, 4.69) is 55.3 Å². The van der Waals surface area contributed by atoms with Crippen molar-refractivity contribution in [3.63, 3.8) is 0 Å². The Hall–Kier alpha value is -5.30. The number of fused-ring (bicyclic) bond motifs is 5. The van der Waals surface area contributed by atoms with Gasteiger partial charge in [-0.3, -0.25) is 4.79 Å². The molecule has 2 bridgehead atoms. The number of anilines is 3. The average molecular weight is 576 g/mol. The van der Waals surface area contributed by atoms with E-state index < -0.39 is 0 Å². The van der Waals surface area contributed by atoms with Gasteiger partial charge in [-0.15, -0.1) is 0 Å². The van der Waals surface area contributed by atoms with Crippen LogP contribution in [0, 0.1) is 18.8 Å². The second-order valence-electron chi connectivity index (χ2n) is 10.6. The molecule has 1 fully saturated rings. The third-order valence-corrected chi connectivity index (χ3v) is 7.85. The number of amides is 1. The van der Waals surface area contributed by atoms with Crippen LogP contribution in [0.25, 0.3) is 10.9 Å². The van der Waals surface area contributed by atoms with Crippen molar-refractivity contribution in [2.75, 3.05) is 43.1 Å². The van der Waals surface area contributed by atoms with E-state index in [1.54, 1.807) is 13.3 Å². The van der Waals surface area contributed by atoms with Crippen LogP contribution in [-0.2, 0) is 11.8 Å². The van der Waals surface area contributed by atoms with E-state index in [1.807, 2.05) is 67.0 Å². The van der Waals surface area contributed by atoms with E-state index in [0.717, 1.165) is 50.6 Å². The molecule has 4 heterocycles. The second kappa shape index (κ2) is 11.5. The van der Waals surface area contributed by atoms with Gasteiger partial charge in [-0.1, -0.05) is 12.5 Å². The van der Waals surface area contributed by atoms with Gasteiger partial charge >= 0.3 is 0 Å². The van der Waals surface area contributed by atoms with Crippen LogP contribution in [0.1, 0.15) is 12.5 Å². The molecule has 2 aliphatic heterocycles. The highest BCUT2D eigenvalue weighted by molar-refractivity contribution is 5.96. The Balaban J connectivity index is 1.29. The second-order valence-corrected chi connectivity index (χ2v) is 10.6. The van der Waals surface area contributed by atoms with E-state index in [9.17, 15) is 4.79 Å². The first-order valence-electron chi connectivity index (χ1n) is 14.1. The van der Waals surface area contributed by atoms with Crippen LogP contribution >= 0.6 is 0 Å². The minimum atomic E-state index is -0.154. The highest BCUT2D eigenvalue weighted by Gasteiger charge is 2.34. The van der Waals surface area contributed by atoms with E-state index in [1.165, 1.54) is 6.20 Å². The highest BCUT2D eigenvalue weighted by atomic mass is 16.5. The maximum atomic E-state index is 12.6. The molecule has 2 aromatic carbocycles. The summed E-state index contributed by atoms with van der Waals surface area (Å²) >= 11 is 0. The molecular weight excluding hydrogens is 542 g/mol. The van der Waals surface area contributed by atoms with Gasteiger partial charge in [0.2, 0.25) is 0 Å². The SMILES string of the molecule is C=CN=c1cc(Oc2ccc(N(C)c3ncnc4cc5c(cc34)N3CCN(C(=O)C#CC)C(CO5)C3)cc2C)ccn1C. The van der Waals surface area contributed by atoms with Crippen molar-refractivity contribution < 1.29 is 14.3 Å². The maximum Gasteiger partial charge on any atom is 0.298 e. The number of hydrogen-bond acceptors (Lipinski definition) is 8. The van der Waals surface area contributed by atoms with Gasteiger partial charge in [-0.05, 0) is 55.7 Å².